The molecule has 0 amide bonds. The second-order valence-corrected chi connectivity index (χ2v) is 5.28. The highest BCUT2D eigenvalue weighted by Gasteiger charge is 2.33. The van der Waals surface area contributed by atoms with Gasteiger partial charge in [0.15, 0.2) is 0 Å². The van der Waals surface area contributed by atoms with Gasteiger partial charge in [-0.3, -0.25) is 0 Å². The average Bonchev–Trinajstić information content (AvgIpc) is 2.35. The van der Waals surface area contributed by atoms with E-state index in [4.69, 9.17) is 10.5 Å². The van der Waals surface area contributed by atoms with Gasteiger partial charge < -0.3 is 15.4 Å². The maximum absolute atomic E-state index is 6.60. The first-order valence-electron chi connectivity index (χ1n) is 6.53. The largest absolute Gasteiger partial charge is 0.497 e. The van der Waals surface area contributed by atoms with Gasteiger partial charge in [0.05, 0.1) is 12.6 Å². The van der Waals surface area contributed by atoms with E-state index in [1.807, 2.05) is 18.2 Å². The van der Waals surface area contributed by atoms with Gasteiger partial charge in [0.2, 0.25) is 0 Å². The first-order valence-corrected chi connectivity index (χ1v) is 6.53. The molecule has 0 aromatic heterocycles. The van der Waals surface area contributed by atoms with Crippen molar-refractivity contribution in [3.8, 4) is 5.75 Å². The molecular weight excluding hydrogens is 224 g/mol. The van der Waals surface area contributed by atoms with Crippen LogP contribution in [0, 0.1) is 0 Å². The summed E-state index contributed by atoms with van der Waals surface area (Å²) in [6, 6.07) is 8.37. The maximum atomic E-state index is 6.60. The molecule has 0 heterocycles. The van der Waals surface area contributed by atoms with E-state index in [9.17, 15) is 0 Å². The standard InChI is InChI=1S/C15H26N2O/c1-6-8-14(17(3)4)15(2,16)12-9-7-10-13(11-12)18-5/h7,9-11,14H,6,8,16H2,1-5H3. The number of hydrogen-bond donors (Lipinski definition) is 1. The Balaban J connectivity index is 3.08. The van der Waals surface area contributed by atoms with Crippen LogP contribution in [0.4, 0.5) is 0 Å². The van der Waals surface area contributed by atoms with Crippen LogP contribution in [0.15, 0.2) is 24.3 Å². The molecule has 2 N–H and O–H groups in total. The lowest BCUT2D eigenvalue weighted by Crippen LogP contribution is -2.52. The summed E-state index contributed by atoms with van der Waals surface area (Å²) in [6.07, 6.45) is 2.21. The van der Waals surface area contributed by atoms with E-state index in [1.165, 1.54) is 0 Å². The van der Waals surface area contributed by atoms with Crippen LogP contribution in [0.1, 0.15) is 32.3 Å². The summed E-state index contributed by atoms with van der Waals surface area (Å²) >= 11 is 0. The lowest BCUT2D eigenvalue weighted by Gasteiger charge is -2.39. The van der Waals surface area contributed by atoms with Crippen LogP contribution < -0.4 is 10.5 Å². The zero-order valence-electron chi connectivity index (χ0n) is 12.2. The van der Waals surface area contributed by atoms with E-state index in [1.54, 1.807) is 7.11 Å². The third-order valence-corrected chi connectivity index (χ3v) is 3.57. The summed E-state index contributed by atoms with van der Waals surface area (Å²) in [7, 11) is 5.86. The molecule has 0 fully saturated rings. The van der Waals surface area contributed by atoms with Crippen molar-refractivity contribution in [2.24, 2.45) is 5.73 Å². The first kappa shape index (κ1) is 15.0. The minimum atomic E-state index is -0.381. The van der Waals surface area contributed by atoms with E-state index in [-0.39, 0.29) is 5.54 Å². The second-order valence-electron chi connectivity index (χ2n) is 5.28. The highest BCUT2D eigenvalue weighted by Crippen LogP contribution is 2.29. The number of benzene rings is 1. The van der Waals surface area contributed by atoms with Gasteiger partial charge in [0.25, 0.3) is 0 Å². The predicted octanol–water partition coefficient (Wildman–Crippen LogP) is 2.60. The third kappa shape index (κ3) is 3.24. The Labute approximate surface area is 111 Å². The topological polar surface area (TPSA) is 38.5 Å². The van der Waals surface area contributed by atoms with Gasteiger partial charge in [0.1, 0.15) is 5.75 Å². The number of methoxy groups -OCH3 is 1. The Hall–Kier alpha value is -1.06. The zero-order chi connectivity index (χ0) is 13.8. The molecule has 1 rings (SSSR count). The van der Waals surface area contributed by atoms with Crippen molar-refractivity contribution in [2.45, 2.75) is 38.3 Å². The zero-order valence-corrected chi connectivity index (χ0v) is 12.2. The molecule has 1 aromatic rings. The summed E-state index contributed by atoms with van der Waals surface area (Å²) in [4.78, 5) is 2.21. The molecule has 3 nitrogen and oxygen atoms in total. The molecule has 0 saturated heterocycles. The van der Waals surface area contributed by atoms with Crippen molar-refractivity contribution in [2.75, 3.05) is 21.2 Å². The predicted molar refractivity (Wildman–Crippen MR) is 76.9 cm³/mol. The molecule has 0 aliphatic carbocycles. The normalized spacial score (nSPS) is 16.4. The number of nitrogens with zero attached hydrogens (tertiary/aromatic N) is 1. The molecule has 0 aliphatic heterocycles. The van der Waals surface area contributed by atoms with Gasteiger partial charge in [-0.25, -0.2) is 0 Å². The van der Waals surface area contributed by atoms with Crippen LogP contribution in [0.5, 0.6) is 5.75 Å². The van der Waals surface area contributed by atoms with Crippen molar-refractivity contribution in [3.63, 3.8) is 0 Å². The lowest BCUT2D eigenvalue weighted by molar-refractivity contribution is 0.176. The average molecular weight is 250 g/mol. The van der Waals surface area contributed by atoms with Crippen LogP contribution in [0.3, 0.4) is 0 Å². The minimum absolute atomic E-state index is 0.314. The van der Waals surface area contributed by atoms with Gasteiger partial charge in [-0.15, -0.1) is 0 Å². The molecule has 102 valence electrons. The van der Waals surface area contributed by atoms with E-state index >= 15 is 0 Å². The monoisotopic (exact) mass is 250 g/mol. The summed E-state index contributed by atoms with van der Waals surface area (Å²) in [5.74, 6) is 0.859. The van der Waals surface area contributed by atoms with E-state index < -0.39 is 0 Å². The summed E-state index contributed by atoms with van der Waals surface area (Å²) in [5.41, 5.74) is 7.33. The fraction of sp³-hybridized carbons (Fsp3) is 0.600. The summed E-state index contributed by atoms with van der Waals surface area (Å²) < 4.78 is 5.28. The molecular formula is C15H26N2O. The molecule has 18 heavy (non-hydrogen) atoms. The fourth-order valence-electron chi connectivity index (χ4n) is 2.52. The Morgan fingerprint density at radius 1 is 1.39 bits per heavy atom. The molecule has 3 heteroatoms. The highest BCUT2D eigenvalue weighted by molar-refractivity contribution is 5.34. The number of likely N-dealkylation sites (N-methyl/N-ethyl adjacent to an activating group) is 1. The minimum Gasteiger partial charge on any atom is -0.497 e. The van der Waals surface area contributed by atoms with Crippen molar-refractivity contribution >= 4 is 0 Å². The van der Waals surface area contributed by atoms with Gasteiger partial charge in [0, 0.05) is 6.04 Å². The molecule has 2 unspecified atom stereocenters. The van der Waals surface area contributed by atoms with Gasteiger partial charge in [-0.1, -0.05) is 25.5 Å². The molecule has 0 bridgehead atoms. The summed E-state index contributed by atoms with van der Waals surface area (Å²) in [6.45, 7) is 4.29. The second kappa shape index (κ2) is 6.21. The lowest BCUT2D eigenvalue weighted by atomic mass is 9.82. The Morgan fingerprint density at radius 2 is 2.06 bits per heavy atom. The van der Waals surface area contributed by atoms with Crippen LogP contribution in [0.2, 0.25) is 0 Å². The van der Waals surface area contributed by atoms with Crippen molar-refractivity contribution in [1.82, 2.24) is 4.90 Å². The molecule has 0 saturated carbocycles. The molecule has 0 spiro atoms. The Kier molecular flexibility index (Phi) is 5.17. The number of nitrogens with two attached hydrogens (primary N) is 1. The number of ether oxygens (including phenoxy) is 1. The number of rotatable bonds is 6. The van der Waals surface area contributed by atoms with Crippen LogP contribution in [-0.4, -0.2) is 32.1 Å². The van der Waals surface area contributed by atoms with Gasteiger partial charge >= 0.3 is 0 Å². The fourth-order valence-corrected chi connectivity index (χ4v) is 2.52. The van der Waals surface area contributed by atoms with E-state index in [2.05, 4.69) is 38.9 Å². The van der Waals surface area contributed by atoms with Gasteiger partial charge in [-0.05, 0) is 45.1 Å². The van der Waals surface area contributed by atoms with Crippen molar-refractivity contribution in [1.29, 1.82) is 0 Å². The van der Waals surface area contributed by atoms with Crippen LogP contribution in [0.25, 0.3) is 0 Å². The van der Waals surface area contributed by atoms with Gasteiger partial charge in [-0.2, -0.15) is 0 Å². The number of hydrogen-bond acceptors (Lipinski definition) is 3. The van der Waals surface area contributed by atoms with Crippen molar-refractivity contribution < 1.29 is 4.74 Å². The Morgan fingerprint density at radius 3 is 2.56 bits per heavy atom. The van der Waals surface area contributed by atoms with Crippen LogP contribution in [-0.2, 0) is 5.54 Å². The molecule has 0 aliphatic rings. The van der Waals surface area contributed by atoms with Crippen molar-refractivity contribution in [3.05, 3.63) is 29.8 Å². The first-order chi connectivity index (χ1) is 8.43. The smallest absolute Gasteiger partial charge is 0.119 e. The quantitative estimate of drug-likeness (QED) is 0.843. The van der Waals surface area contributed by atoms with Crippen LogP contribution >= 0.6 is 0 Å². The van der Waals surface area contributed by atoms with E-state index in [0.717, 1.165) is 24.2 Å². The molecule has 2 atom stereocenters. The molecule has 1 aromatic carbocycles. The SMILES string of the molecule is CCCC(N(C)C)C(C)(N)c1cccc(OC)c1. The third-order valence-electron chi connectivity index (χ3n) is 3.57. The van der Waals surface area contributed by atoms with E-state index in [0.29, 0.717) is 6.04 Å². The molecule has 0 radical (unpaired) electrons. The highest BCUT2D eigenvalue weighted by atomic mass is 16.5. The Bertz CT molecular complexity index is 375. The summed E-state index contributed by atoms with van der Waals surface area (Å²) in [5, 5.41) is 0. The maximum Gasteiger partial charge on any atom is 0.119 e.